The second kappa shape index (κ2) is 6.11. The van der Waals surface area contributed by atoms with Gasteiger partial charge in [0.1, 0.15) is 0 Å². The van der Waals surface area contributed by atoms with E-state index in [1.807, 2.05) is 17.0 Å². The van der Waals surface area contributed by atoms with Crippen LogP contribution < -0.4 is 5.32 Å². The van der Waals surface area contributed by atoms with E-state index < -0.39 is 0 Å². The van der Waals surface area contributed by atoms with E-state index in [-0.39, 0.29) is 18.2 Å². The normalized spacial score (nSPS) is 30.7. The number of morpholine rings is 1. The number of benzene rings is 1. The van der Waals surface area contributed by atoms with Crippen molar-refractivity contribution >= 4 is 6.03 Å². The summed E-state index contributed by atoms with van der Waals surface area (Å²) in [4.78, 5) is 16.8. The number of hydrogen-bond donors (Lipinski definition) is 1. The lowest BCUT2D eigenvalue weighted by Gasteiger charge is -2.33. The second-order valence-electron chi connectivity index (χ2n) is 6.58. The van der Waals surface area contributed by atoms with Crippen molar-refractivity contribution in [1.29, 1.82) is 0 Å². The molecular weight excluding hydrogens is 294 g/mol. The van der Waals surface area contributed by atoms with E-state index in [0.717, 1.165) is 30.8 Å². The van der Waals surface area contributed by atoms with Gasteiger partial charge < -0.3 is 19.7 Å². The molecule has 3 atom stereocenters. The van der Waals surface area contributed by atoms with Crippen molar-refractivity contribution in [2.75, 3.05) is 39.9 Å². The highest BCUT2D eigenvalue weighted by Crippen LogP contribution is 2.26. The zero-order chi connectivity index (χ0) is 15.8. The molecule has 0 aliphatic carbocycles. The fourth-order valence-electron chi connectivity index (χ4n) is 3.77. The van der Waals surface area contributed by atoms with Gasteiger partial charge in [-0.2, -0.15) is 0 Å². The molecule has 1 aromatic rings. The smallest absolute Gasteiger partial charge is 0.318 e. The van der Waals surface area contributed by atoms with Gasteiger partial charge in [0.25, 0.3) is 0 Å². The first kappa shape index (κ1) is 14.9. The minimum atomic E-state index is -0.0753. The number of hydrogen-bond acceptors (Lipinski definition) is 4. The molecule has 3 aliphatic rings. The van der Waals surface area contributed by atoms with Gasteiger partial charge in [-0.25, -0.2) is 4.79 Å². The topological polar surface area (TPSA) is 54.0 Å². The van der Waals surface area contributed by atoms with Crippen LogP contribution in [0.1, 0.15) is 17.2 Å². The van der Waals surface area contributed by atoms with Gasteiger partial charge in [-0.3, -0.25) is 4.90 Å². The monoisotopic (exact) mass is 317 g/mol. The van der Waals surface area contributed by atoms with Crippen LogP contribution in [-0.4, -0.2) is 67.9 Å². The molecule has 2 saturated heterocycles. The minimum Gasteiger partial charge on any atom is -0.374 e. The van der Waals surface area contributed by atoms with Crippen LogP contribution in [0.5, 0.6) is 0 Å². The molecule has 124 valence electrons. The number of urea groups is 1. The third kappa shape index (κ3) is 2.82. The van der Waals surface area contributed by atoms with Gasteiger partial charge in [-0.15, -0.1) is 0 Å². The van der Waals surface area contributed by atoms with E-state index in [1.165, 1.54) is 0 Å². The molecule has 2 fully saturated rings. The molecule has 1 N–H and O–H groups in total. The summed E-state index contributed by atoms with van der Waals surface area (Å²) >= 11 is 0. The number of amides is 2. The summed E-state index contributed by atoms with van der Waals surface area (Å²) in [6, 6.07) is 8.35. The lowest BCUT2D eigenvalue weighted by molar-refractivity contribution is -0.0367. The second-order valence-corrected chi connectivity index (χ2v) is 6.58. The standard InChI is InChI=1S/C17H23N3O3/c1-19-6-7-23-16-9-20(8-15(16)19)17(21)18-14-11-22-10-12-4-2-3-5-13(12)14/h2-5,14-16H,6-11H2,1H3,(H,18,21)/t14?,15-,16+/m0/s1. The Morgan fingerprint density at radius 3 is 3.04 bits per heavy atom. The molecule has 3 aliphatic heterocycles. The zero-order valence-corrected chi connectivity index (χ0v) is 13.4. The molecule has 1 unspecified atom stereocenters. The maximum atomic E-state index is 12.7. The van der Waals surface area contributed by atoms with Crippen LogP contribution in [0.3, 0.4) is 0 Å². The number of nitrogens with one attached hydrogen (secondary N) is 1. The van der Waals surface area contributed by atoms with Crippen molar-refractivity contribution in [3.63, 3.8) is 0 Å². The van der Waals surface area contributed by atoms with Crippen LogP contribution in [0, 0.1) is 0 Å². The van der Waals surface area contributed by atoms with Crippen molar-refractivity contribution in [3.8, 4) is 0 Å². The van der Waals surface area contributed by atoms with Gasteiger partial charge in [0.2, 0.25) is 0 Å². The van der Waals surface area contributed by atoms with E-state index in [1.54, 1.807) is 0 Å². The van der Waals surface area contributed by atoms with Crippen LogP contribution >= 0.6 is 0 Å². The fourth-order valence-corrected chi connectivity index (χ4v) is 3.77. The van der Waals surface area contributed by atoms with Gasteiger partial charge in [-0.05, 0) is 18.2 Å². The maximum Gasteiger partial charge on any atom is 0.318 e. The van der Waals surface area contributed by atoms with Crippen LogP contribution in [0.4, 0.5) is 4.79 Å². The molecule has 4 rings (SSSR count). The summed E-state index contributed by atoms with van der Waals surface area (Å²) < 4.78 is 11.4. The maximum absolute atomic E-state index is 12.7. The van der Waals surface area contributed by atoms with E-state index in [0.29, 0.717) is 25.8 Å². The predicted octanol–water partition coefficient (Wildman–Crippen LogP) is 0.982. The number of nitrogens with zero attached hydrogens (tertiary/aromatic N) is 2. The summed E-state index contributed by atoms with van der Waals surface area (Å²) in [5.41, 5.74) is 2.32. The first-order valence-electron chi connectivity index (χ1n) is 8.25. The van der Waals surface area contributed by atoms with E-state index in [9.17, 15) is 4.79 Å². The highest BCUT2D eigenvalue weighted by molar-refractivity contribution is 5.75. The number of carbonyl (C=O) groups excluding carboxylic acids is 1. The van der Waals surface area contributed by atoms with Gasteiger partial charge in [0.05, 0.1) is 44.6 Å². The molecule has 6 nitrogen and oxygen atoms in total. The third-order valence-electron chi connectivity index (χ3n) is 5.14. The van der Waals surface area contributed by atoms with E-state index in [2.05, 4.69) is 29.4 Å². The third-order valence-corrected chi connectivity index (χ3v) is 5.14. The molecule has 2 amide bonds. The predicted molar refractivity (Wildman–Crippen MR) is 85.1 cm³/mol. The fraction of sp³-hybridized carbons (Fsp3) is 0.588. The lowest BCUT2D eigenvalue weighted by atomic mass is 9.99. The van der Waals surface area contributed by atoms with Crippen LogP contribution in [0.2, 0.25) is 0 Å². The lowest BCUT2D eigenvalue weighted by Crippen LogP contribution is -2.48. The first-order valence-corrected chi connectivity index (χ1v) is 8.25. The molecule has 1 aromatic carbocycles. The van der Waals surface area contributed by atoms with Crippen LogP contribution in [-0.2, 0) is 16.1 Å². The van der Waals surface area contributed by atoms with Gasteiger partial charge in [-0.1, -0.05) is 24.3 Å². The molecule has 0 bridgehead atoms. The number of fused-ring (bicyclic) bond motifs is 2. The number of rotatable bonds is 1. The van der Waals surface area contributed by atoms with Crippen molar-refractivity contribution in [1.82, 2.24) is 15.1 Å². The highest BCUT2D eigenvalue weighted by Gasteiger charge is 2.40. The summed E-state index contributed by atoms with van der Waals surface area (Å²) in [6.07, 6.45) is 0.134. The quantitative estimate of drug-likeness (QED) is 0.839. The molecule has 3 heterocycles. The Kier molecular flexibility index (Phi) is 3.97. The first-order chi connectivity index (χ1) is 11.2. The summed E-state index contributed by atoms with van der Waals surface area (Å²) in [7, 11) is 2.10. The number of ether oxygens (including phenoxy) is 2. The Morgan fingerprint density at radius 2 is 2.17 bits per heavy atom. The molecule has 0 aromatic heterocycles. The molecule has 0 spiro atoms. The molecule has 23 heavy (non-hydrogen) atoms. The average molecular weight is 317 g/mol. The summed E-state index contributed by atoms with van der Waals surface area (Å²) in [5, 5.41) is 3.13. The molecular formula is C17H23N3O3. The summed E-state index contributed by atoms with van der Waals surface area (Å²) in [5.74, 6) is 0. The van der Waals surface area contributed by atoms with E-state index >= 15 is 0 Å². The van der Waals surface area contributed by atoms with Crippen molar-refractivity contribution in [2.45, 2.75) is 24.8 Å². The van der Waals surface area contributed by atoms with Gasteiger partial charge in [0.15, 0.2) is 0 Å². The zero-order valence-electron chi connectivity index (χ0n) is 13.4. The largest absolute Gasteiger partial charge is 0.374 e. The van der Waals surface area contributed by atoms with Crippen molar-refractivity contribution in [2.24, 2.45) is 0 Å². The Bertz CT molecular complexity index is 594. The molecule has 0 saturated carbocycles. The average Bonchev–Trinajstić information content (AvgIpc) is 3.01. The Hall–Kier alpha value is -1.63. The van der Waals surface area contributed by atoms with Gasteiger partial charge >= 0.3 is 6.03 Å². The van der Waals surface area contributed by atoms with Crippen LogP contribution in [0.15, 0.2) is 24.3 Å². The number of carbonyl (C=O) groups is 1. The van der Waals surface area contributed by atoms with Crippen molar-refractivity contribution in [3.05, 3.63) is 35.4 Å². The molecule has 0 radical (unpaired) electrons. The van der Waals surface area contributed by atoms with Crippen molar-refractivity contribution < 1.29 is 14.3 Å². The highest BCUT2D eigenvalue weighted by atomic mass is 16.5. The minimum absolute atomic E-state index is 0.0262. The molecule has 6 heteroatoms. The Morgan fingerprint density at radius 1 is 1.30 bits per heavy atom. The summed E-state index contributed by atoms with van der Waals surface area (Å²) in [6.45, 7) is 4.21. The van der Waals surface area contributed by atoms with Gasteiger partial charge in [0, 0.05) is 13.1 Å². The SMILES string of the molecule is CN1CCO[C@@H]2CN(C(=O)NC3COCc4ccccc43)C[C@@H]21. The van der Waals surface area contributed by atoms with Crippen LogP contribution in [0.25, 0.3) is 0 Å². The Labute approximate surface area is 136 Å². The Balaban J connectivity index is 1.43. The number of likely N-dealkylation sites (tertiary alicyclic amines) is 1. The van der Waals surface area contributed by atoms with E-state index in [4.69, 9.17) is 9.47 Å². The number of likely N-dealkylation sites (N-methyl/N-ethyl adjacent to an activating group) is 1.